The summed E-state index contributed by atoms with van der Waals surface area (Å²) in [5.74, 6) is 0. The number of anilines is 1. The fraction of sp³-hybridized carbons (Fsp3) is 0.214. The smallest absolute Gasteiger partial charge is 0.421 e. The van der Waals surface area contributed by atoms with Gasteiger partial charge in [-0.15, -0.1) is 0 Å². The van der Waals surface area contributed by atoms with E-state index < -0.39 is 26.1 Å². The van der Waals surface area contributed by atoms with E-state index in [-0.39, 0.29) is 11.5 Å². The zero-order chi connectivity index (χ0) is 29.1. The number of aromatic nitrogens is 2. The van der Waals surface area contributed by atoms with Crippen molar-refractivity contribution in [3.05, 3.63) is 95.3 Å². The van der Waals surface area contributed by atoms with Crippen LogP contribution in [-0.4, -0.2) is 45.6 Å². The van der Waals surface area contributed by atoms with Gasteiger partial charge in [0, 0.05) is 23.4 Å². The summed E-state index contributed by atoms with van der Waals surface area (Å²) < 4.78 is 58.9. The molecule has 12 heteroatoms. The first-order valence-corrected chi connectivity index (χ1v) is 15.7. The van der Waals surface area contributed by atoms with Gasteiger partial charge < -0.3 is 4.74 Å². The predicted octanol–water partition coefficient (Wildman–Crippen LogP) is 4.49. The Morgan fingerprint density at radius 2 is 1.50 bits per heavy atom. The van der Waals surface area contributed by atoms with E-state index in [0.717, 1.165) is 45.6 Å². The molecular weight excluding hydrogens is 552 g/mol. The molecule has 1 aromatic heterocycles. The molecule has 40 heavy (non-hydrogen) atoms. The number of carbonyl (C=O) groups is 1. The Hall–Kier alpha value is -4.16. The summed E-state index contributed by atoms with van der Waals surface area (Å²) in [6.07, 6.45) is 0.468. The number of hydrogen-bond donors (Lipinski definition) is 2. The zero-order valence-electron chi connectivity index (χ0n) is 22.5. The molecule has 0 fully saturated rings. The lowest BCUT2D eigenvalue weighted by Gasteiger charge is -2.10. The molecule has 10 nitrogen and oxygen atoms in total. The van der Waals surface area contributed by atoms with Crippen LogP contribution in [0.3, 0.4) is 0 Å². The van der Waals surface area contributed by atoms with E-state index in [1.165, 1.54) is 12.1 Å². The highest BCUT2D eigenvalue weighted by atomic mass is 32.2. The fourth-order valence-electron chi connectivity index (χ4n) is 4.21. The Morgan fingerprint density at radius 1 is 0.875 bits per heavy atom. The van der Waals surface area contributed by atoms with Crippen LogP contribution < -0.4 is 9.44 Å². The van der Waals surface area contributed by atoms with Gasteiger partial charge in [-0.05, 0) is 68.3 Å². The van der Waals surface area contributed by atoms with Gasteiger partial charge in [-0.25, -0.2) is 31.0 Å². The van der Waals surface area contributed by atoms with Crippen LogP contribution >= 0.6 is 0 Å². The van der Waals surface area contributed by atoms with E-state index in [0.29, 0.717) is 12.1 Å². The third kappa shape index (κ3) is 7.07. The van der Waals surface area contributed by atoms with Crippen LogP contribution in [0.5, 0.6) is 0 Å². The molecule has 0 spiro atoms. The van der Waals surface area contributed by atoms with Gasteiger partial charge in [0.25, 0.3) is 10.0 Å². The molecule has 0 aliphatic rings. The van der Waals surface area contributed by atoms with Crippen LogP contribution in [0.15, 0.2) is 77.7 Å². The fourth-order valence-corrected chi connectivity index (χ4v) is 5.67. The maximum atomic E-state index is 12.3. The van der Waals surface area contributed by atoms with Gasteiger partial charge in [-0.3, -0.25) is 4.72 Å². The molecule has 0 aliphatic heterocycles. The number of nitrogens with zero attached hydrogens (tertiary/aromatic N) is 2. The van der Waals surface area contributed by atoms with E-state index in [2.05, 4.69) is 9.82 Å². The summed E-state index contributed by atoms with van der Waals surface area (Å²) in [5.41, 5.74) is 6.74. The van der Waals surface area contributed by atoms with Crippen molar-refractivity contribution in [1.82, 2.24) is 14.5 Å². The van der Waals surface area contributed by atoms with Gasteiger partial charge in [0.05, 0.1) is 29.1 Å². The zero-order valence-corrected chi connectivity index (χ0v) is 24.1. The topological polar surface area (TPSA) is 136 Å². The summed E-state index contributed by atoms with van der Waals surface area (Å²) in [5, 5.41) is 4.69. The molecule has 0 radical (unpaired) electrons. The van der Waals surface area contributed by atoms with Gasteiger partial charge in [-0.1, -0.05) is 42.0 Å². The van der Waals surface area contributed by atoms with E-state index in [1.807, 2.05) is 66.6 Å². The van der Waals surface area contributed by atoms with Crippen molar-refractivity contribution in [2.24, 2.45) is 0 Å². The Kier molecular flexibility index (Phi) is 8.31. The highest BCUT2D eigenvalue weighted by molar-refractivity contribution is 7.92. The molecule has 0 bridgehead atoms. The number of carbonyl (C=O) groups excluding carboxylic acids is 1. The molecule has 0 saturated carbocycles. The van der Waals surface area contributed by atoms with Crippen molar-refractivity contribution in [1.29, 1.82) is 0 Å². The Morgan fingerprint density at radius 3 is 2.10 bits per heavy atom. The van der Waals surface area contributed by atoms with Gasteiger partial charge in [-0.2, -0.15) is 5.10 Å². The van der Waals surface area contributed by atoms with Gasteiger partial charge in [0.15, 0.2) is 0 Å². The van der Waals surface area contributed by atoms with Crippen LogP contribution in [0.4, 0.5) is 10.5 Å². The molecule has 3 aromatic carbocycles. The largest absolute Gasteiger partial charge is 0.448 e. The second-order valence-electron chi connectivity index (χ2n) is 9.38. The molecule has 1 heterocycles. The highest BCUT2D eigenvalue weighted by Gasteiger charge is 2.18. The summed E-state index contributed by atoms with van der Waals surface area (Å²) >= 11 is 0. The number of ether oxygens (including phenoxy) is 1. The standard InChI is InChI=1S/C28H30N4O6S2/c1-19-5-15-26(16-6-19)40(36,37)31-28(33)38-18-17-22-7-13-25(14-8-22)32-21(3)27(20(2)29-32)23-9-11-24(12-10-23)30-39(4,34)35/h5-16,30H,17-18H2,1-4H3,(H,31,33). The third-order valence-electron chi connectivity index (χ3n) is 6.12. The van der Waals surface area contributed by atoms with Crippen molar-refractivity contribution in [3.8, 4) is 16.8 Å². The van der Waals surface area contributed by atoms with Crippen LogP contribution in [-0.2, 0) is 31.2 Å². The maximum Gasteiger partial charge on any atom is 0.421 e. The normalized spacial score (nSPS) is 11.7. The first-order valence-electron chi connectivity index (χ1n) is 12.3. The van der Waals surface area contributed by atoms with Crippen LogP contribution in [0, 0.1) is 20.8 Å². The first-order chi connectivity index (χ1) is 18.8. The summed E-state index contributed by atoms with van der Waals surface area (Å²) in [6, 6.07) is 20.8. The van der Waals surface area contributed by atoms with Crippen molar-refractivity contribution in [2.75, 3.05) is 17.6 Å². The van der Waals surface area contributed by atoms with E-state index >= 15 is 0 Å². The number of hydrogen-bond acceptors (Lipinski definition) is 7. The van der Waals surface area contributed by atoms with Crippen LogP contribution in [0.25, 0.3) is 16.8 Å². The van der Waals surface area contributed by atoms with Crippen molar-refractivity contribution in [2.45, 2.75) is 32.1 Å². The average molecular weight is 583 g/mol. The molecule has 2 N–H and O–H groups in total. The molecule has 4 aromatic rings. The minimum atomic E-state index is -4.00. The minimum Gasteiger partial charge on any atom is -0.448 e. The third-order valence-corrected chi connectivity index (χ3v) is 8.06. The Bertz CT molecular complexity index is 1730. The van der Waals surface area contributed by atoms with Gasteiger partial charge >= 0.3 is 6.09 Å². The van der Waals surface area contributed by atoms with Crippen LogP contribution in [0.2, 0.25) is 0 Å². The number of aryl methyl sites for hydroxylation is 2. The molecule has 0 saturated heterocycles. The number of nitrogens with one attached hydrogen (secondary N) is 2. The summed E-state index contributed by atoms with van der Waals surface area (Å²) in [6.45, 7) is 5.71. The van der Waals surface area contributed by atoms with Crippen LogP contribution in [0.1, 0.15) is 22.5 Å². The number of rotatable bonds is 9. The molecule has 0 aliphatic carbocycles. The van der Waals surface area contributed by atoms with Gasteiger partial charge in [0.2, 0.25) is 10.0 Å². The second kappa shape index (κ2) is 11.5. The van der Waals surface area contributed by atoms with E-state index in [4.69, 9.17) is 4.74 Å². The number of benzene rings is 3. The van der Waals surface area contributed by atoms with E-state index in [9.17, 15) is 21.6 Å². The summed E-state index contributed by atoms with van der Waals surface area (Å²) in [7, 11) is -7.36. The molecule has 0 atom stereocenters. The average Bonchev–Trinajstić information content (AvgIpc) is 3.17. The highest BCUT2D eigenvalue weighted by Crippen LogP contribution is 2.30. The monoisotopic (exact) mass is 582 g/mol. The summed E-state index contributed by atoms with van der Waals surface area (Å²) in [4.78, 5) is 12.0. The molecule has 210 valence electrons. The van der Waals surface area contributed by atoms with Crippen molar-refractivity contribution < 1.29 is 26.4 Å². The predicted molar refractivity (Wildman–Crippen MR) is 153 cm³/mol. The molecule has 1 amide bonds. The lowest BCUT2D eigenvalue weighted by molar-refractivity contribution is 0.154. The molecule has 4 rings (SSSR count). The minimum absolute atomic E-state index is 0.00281. The van der Waals surface area contributed by atoms with Gasteiger partial charge in [0.1, 0.15) is 0 Å². The van der Waals surface area contributed by atoms with Crippen molar-refractivity contribution >= 4 is 31.8 Å². The number of amides is 1. The Balaban J connectivity index is 1.37. The lowest BCUT2D eigenvalue weighted by atomic mass is 10.0. The SMILES string of the molecule is Cc1ccc(S(=O)(=O)NC(=O)OCCc2ccc(-n3nc(C)c(-c4ccc(NS(C)(=O)=O)cc4)c3C)cc2)cc1. The second-order valence-corrected chi connectivity index (χ2v) is 12.8. The lowest BCUT2D eigenvalue weighted by Crippen LogP contribution is -2.31. The Labute approximate surface area is 234 Å². The van der Waals surface area contributed by atoms with E-state index in [1.54, 1.807) is 24.3 Å². The quantitative estimate of drug-likeness (QED) is 0.297. The molecule has 0 unspecified atom stereocenters. The maximum absolute atomic E-state index is 12.3. The number of sulfonamides is 2. The first kappa shape index (κ1) is 28.8. The van der Waals surface area contributed by atoms with Crippen molar-refractivity contribution in [3.63, 3.8) is 0 Å². The molecular formula is C28H30N4O6S2.